The van der Waals surface area contributed by atoms with Gasteiger partial charge in [-0.3, -0.25) is 10.1 Å². The Labute approximate surface area is 191 Å². The molecule has 4 nitrogen and oxygen atoms in total. The molecule has 158 valence electrons. The lowest BCUT2D eigenvalue weighted by Crippen LogP contribution is -2.22. The fraction of sp³-hybridized carbons (Fsp3) is 0.304. The van der Waals surface area contributed by atoms with Crippen molar-refractivity contribution in [1.29, 1.82) is 0 Å². The third-order valence-corrected chi connectivity index (χ3v) is 5.98. The van der Waals surface area contributed by atoms with Gasteiger partial charge in [0.15, 0.2) is 11.7 Å². The topological polar surface area (TPSA) is 51.2 Å². The van der Waals surface area contributed by atoms with Gasteiger partial charge in [0.2, 0.25) is 0 Å². The molecule has 0 aliphatic heterocycles. The number of amides is 1. The Morgan fingerprint density at radius 1 is 1.17 bits per heavy atom. The molecular weight excluding hydrogens is 439 g/mol. The van der Waals surface area contributed by atoms with Crippen molar-refractivity contribution in [3.8, 4) is 5.75 Å². The van der Waals surface area contributed by atoms with Gasteiger partial charge < -0.3 is 4.74 Å². The third-order valence-electron chi connectivity index (χ3n) is 4.48. The summed E-state index contributed by atoms with van der Waals surface area (Å²) >= 11 is 13.6. The molecule has 1 aromatic heterocycles. The number of hydrogen-bond acceptors (Lipinski definition) is 4. The quantitative estimate of drug-likeness (QED) is 0.445. The Bertz CT molecular complexity index is 1060. The molecule has 0 radical (unpaired) electrons. The lowest BCUT2D eigenvalue weighted by molar-refractivity contribution is -0.118. The minimum absolute atomic E-state index is 0.0784. The highest BCUT2D eigenvalue weighted by atomic mass is 35.5. The number of ether oxygens (including phenoxy) is 1. The van der Waals surface area contributed by atoms with Crippen LogP contribution in [-0.4, -0.2) is 17.5 Å². The second-order valence-corrected chi connectivity index (χ2v) is 10.1. The van der Waals surface area contributed by atoms with Gasteiger partial charge in [-0.2, -0.15) is 0 Å². The van der Waals surface area contributed by atoms with Gasteiger partial charge in [-0.25, -0.2) is 4.98 Å². The van der Waals surface area contributed by atoms with Gasteiger partial charge in [0.1, 0.15) is 5.75 Å². The van der Waals surface area contributed by atoms with Crippen LogP contribution in [0.5, 0.6) is 5.75 Å². The molecule has 0 bridgehead atoms. The molecule has 1 amide bonds. The second kappa shape index (κ2) is 9.38. The largest absolute Gasteiger partial charge is 0.483 e. The van der Waals surface area contributed by atoms with E-state index in [0.717, 1.165) is 27.3 Å². The summed E-state index contributed by atoms with van der Waals surface area (Å²) in [4.78, 5) is 17.6. The fourth-order valence-corrected chi connectivity index (χ4v) is 4.28. The molecule has 7 heteroatoms. The number of aryl methyl sites for hydroxylation is 1. The van der Waals surface area contributed by atoms with Crippen LogP contribution in [0.15, 0.2) is 42.6 Å². The molecular formula is C23H24Cl2N2O2S. The number of halogens is 2. The average Bonchev–Trinajstić information content (AvgIpc) is 3.09. The molecule has 2 aromatic carbocycles. The number of hydrogen-bond donors (Lipinski definition) is 1. The Balaban J connectivity index is 1.60. The monoisotopic (exact) mass is 462 g/mol. The van der Waals surface area contributed by atoms with Crippen LogP contribution in [0.2, 0.25) is 10.0 Å². The van der Waals surface area contributed by atoms with Crippen LogP contribution in [0.25, 0.3) is 0 Å². The minimum Gasteiger partial charge on any atom is -0.483 e. The van der Waals surface area contributed by atoms with Gasteiger partial charge in [0.05, 0.1) is 0 Å². The maximum atomic E-state index is 12.4. The fourth-order valence-electron chi connectivity index (χ4n) is 2.95. The first kappa shape index (κ1) is 22.6. The van der Waals surface area contributed by atoms with Crippen LogP contribution in [0.3, 0.4) is 0 Å². The second-order valence-electron chi connectivity index (χ2n) is 8.13. The number of nitrogens with zero attached hydrogens (tertiary/aromatic N) is 1. The minimum atomic E-state index is -0.249. The Morgan fingerprint density at radius 2 is 1.93 bits per heavy atom. The molecule has 3 rings (SSSR count). The normalized spacial score (nSPS) is 11.4. The highest BCUT2D eigenvalue weighted by Crippen LogP contribution is 2.32. The maximum absolute atomic E-state index is 12.4. The van der Waals surface area contributed by atoms with E-state index in [9.17, 15) is 4.79 Å². The van der Waals surface area contributed by atoms with E-state index in [-0.39, 0.29) is 17.9 Å². The molecule has 0 fully saturated rings. The standard InChI is InChI=1S/C23H24Cl2N2O2S/c1-14-5-8-20(18(9-14)23(2,3)4)29-13-21(28)27-22-26-12-17(30-22)10-15-6-7-16(24)11-19(15)25/h5-9,11-12H,10,13H2,1-4H3,(H,26,27,28). The summed E-state index contributed by atoms with van der Waals surface area (Å²) in [6, 6.07) is 11.4. The molecule has 0 saturated carbocycles. The average molecular weight is 463 g/mol. The predicted octanol–water partition coefficient (Wildman–Crippen LogP) is 6.66. The smallest absolute Gasteiger partial charge is 0.264 e. The molecule has 0 atom stereocenters. The maximum Gasteiger partial charge on any atom is 0.264 e. The van der Waals surface area contributed by atoms with E-state index in [4.69, 9.17) is 27.9 Å². The van der Waals surface area contributed by atoms with Crippen LogP contribution < -0.4 is 10.1 Å². The number of anilines is 1. The number of nitrogens with one attached hydrogen (secondary N) is 1. The lowest BCUT2D eigenvalue weighted by Gasteiger charge is -2.23. The molecule has 0 aliphatic rings. The van der Waals surface area contributed by atoms with Crippen molar-refractivity contribution >= 4 is 45.6 Å². The molecule has 0 aliphatic carbocycles. The summed E-state index contributed by atoms with van der Waals surface area (Å²) in [6.45, 7) is 8.34. The van der Waals surface area contributed by atoms with Crippen molar-refractivity contribution in [2.24, 2.45) is 0 Å². The first-order chi connectivity index (χ1) is 14.1. The molecule has 1 heterocycles. The van der Waals surface area contributed by atoms with E-state index >= 15 is 0 Å². The molecule has 3 aromatic rings. The summed E-state index contributed by atoms with van der Waals surface area (Å²) in [6.07, 6.45) is 2.36. The first-order valence-electron chi connectivity index (χ1n) is 9.54. The third kappa shape index (κ3) is 5.97. The number of carbonyl (C=O) groups is 1. The van der Waals surface area contributed by atoms with Crippen LogP contribution in [0.1, 0.15) is 42.3 Å². The lowest BCUT2D eigenvalue weighted by atomic mass is 9.85. The van der Waals surface area contributed by atoms with E-state index in [1.165, 1.54) is 11.3 Å². The van der Waals surface area contributed by atoms with E-state index in [1.807, 2.05) is 25.1 Å². The van der Waals surface area contributed by atoms with Crippen molar-refractivity contribution in [3.05, 3.63) is 74.2 Å². The Hall–Kier alpha value is -2.08. The number of rotatable bonds is 6. The molecule has 30 heavy (non-hydrogen) atoms. The molecule has 0 saturated heterocycles. The van der Waals surface area contributed by atoms with Gasteiger partial charge in [-0.05, 0) is 41.7 Å². The Kier molecular flexibility index (Phi) is 7.06. The number of carbonyl (C=O) groups excluding carboxylic acids is 1. The summed E-state index contributed by atoms with van der Waals surface area (Å²) in [5, 5.41) is 4.55. The van der Waals surface area contributed by atoms with Crippen molar-refractivity contribution in [3.63, 3.8) is 0 Å². The zero-order chi connectivity index (χ0) is 21.9. The molecule has 0 unspecified atom stereocenters. The van der Waals surface area contributed by atoms with Gasteiger partial charge in [0.25, 0.3) is 5.91 Å². The highest BCUT2D eigenvalue weighted by molar-refractivity contribution is 7.15. The van der Waals surface area contributed by atoms with Crippen LogP contribution in [0, 0.1) is 6.92 Å². The van der Waals surface area contributed by atoms with E-state index in [0.29, 0.717) is 21.6 Å². The van der Waals surface area contributed by atoms with Crippen molar-refractivity contribution in [2.75, 3.05) is 11.9 Å². The van der Waals surface area contributed by atoms with Gasteiger partial charge in [-0.1, -0.05) is 67.7 Å². The predicted molar refractivity (Wildman–Crippen MR) is 125 cm³/mol. The first-order valence-corrected chi connectivity index (χ1v) is 11.1. The van der Waals surface area contributed by atoms with E-state index < -0.39 is 0 Å². The highest BCUT2D eigenvalue weighted by Gasteiger charge is 2.20. The zero-order valence-corrected chi connectivity index (χ0v) is 19.7. The van der Waals surface area contributed by atoms with E-state index in [2.05, 4.69) is 37.1 Å². The number of aromatic nitrogens is 1. The van der Waals surface area contributed by atoms with Gasteiger partial charge >= 0.3 is 0 Å². The SMILES string of the molecule is Cc1ccc(OCC(=O)Nc2ncc(Cc3ccc(Cl)cc3Cl)s2)c(C(C)(C)C)c1. The molecule has 1 N–H and O–H groups in total. The van der Waals surface area contributed by atoms with Crippen LogP contribution >= 0.6 is 34.5 Å². The summed E-state index contributed by atoms with van der Waals surface area (Å²) < 4.78 is 5.82. The Morgan fingerprint density at radius 3 is 2.63 bits per heavy atom. The van der Waals surface area contributed by atoms with Crippen LogP contribution in [-0.2, 0) is 16.6 Å². The summed E-state index contributed by atoms with van der Waals surface area (Å²) in [7, 11) is 0. The summed E-state index contributed by atoms with van der Waals surface area (Å²) in [5.41, 5.74) is 3.12. The van der Waals surface area contributed by atoms with Crippen LogP contribution in [0.4, 0.5) is 5.13 Å². The van der Waals surface area contributed by atoms with E-state index in [1.54, 1.807) is 18.3 Å². The van der Waals surface area contributed by atoms with Crippen molar-refractivity contribution in [2.45, 2.75) is 39.5 Å². The van der Waals surface area contributed by atoms with Gasteiger partial charge in [0, 0.05) is 27.5 Å². The number of benzene rings is 2. The zero-order valence-electron chi connectivity index (χ0n) is 17.4. The number of thiazole rings is 1. The molecule has 0 spiro atoms. The van der Waals surface area contributed by atoms with Crippen molar-refractivity contribution in [1.82, 2.24) is 4.98 Å². The van der Waals surface area contributed by atoms with Crippen molar-refractivity contribution < 1.29 is 9.53 Å². The van der Waals surface area contributed by atoms with Gasteiger partial charge in [-0.15, -0.1) is 11.3 Å². The summed E-state index contributed by atoms with van der Waals surface area (Å²) in [5.74, 6) is 0.473.